The van der Waals surface area contributed by atoms with Crippen molar-refractivity contribution >= 4 is 13.3 Å². The molecule has 0 saturated carbocycles. The highest BCUT2D eigenvalue weighted by molar-refractivity contribution is 7.54. The molecule has 1 rings (SSSR count). The van der Waals surface area contributed by atoms with Gasteiger partial charge >= 0.3 is 7.60 Å². The minimum atomic E-state index is -3.72. The Labute approximate surface area is 123 Å². The summed E-state index contributed by atoms with van der Waals surface area (Å²) < 4.78 is 23.1. The first-order valence-electron chi connectivity index (χ1n) is 6.75. The monoisotopic (exact) mass is 317 g/mol. The van der Waals surface area contributed by atoms with E-state index in [1.165, 1.54) is 24.3 Å². The predicted octanol–water partition coefficient (Wildman–Crippen LogP) is 3.63. The molecule has 0 aliphatic heterocycles. The second-order valence-electron chi connectivity index (χ2n) is 4.43. The van der Waals surface area contributed by atoms with Gasteiger partial charge in [0.1, 0.15) is 0 Å². The highest BCUT2D eigenvalue weighted by Crippen LogP contribution is 2.59. The quantitative estimate of drug-likeness (QED) is 0.424. The molecule has 0 heterocycles. The molecule has 0 amide bonds. The van der Waals surface area contributed by atoms with Crippen LogP contribution in [0.4, 0.5) is 5.69 Å². The molecule has 0 aliphatic carbocycles. The minimum Gasteiger partial charge on any atom is -0.376 e. The lowest BCUT2D eigenvalue weighted by Gasteiger charge is -2.23. The average Bonchev–Trinajstić information content (AvgIpc) is 2.50. The van der Waals surface area contributed by atoms with Crippen molar-refractivity contribution in [3.8, 4) is 0 Å². The number of benzene rings is 1. The highest BCUT2D eigenvalue weighted by Gasteiger charge is 2.35. The maximum absolute atomic E-state index is 12.6. The van der Waals surface area contributed by atoms with Crippen LogP contribution < -0.4 is 0 Å². The Kier molecular flexibility index (Phi) is 6.98. The summed E-state index contributed by atoms with van der Waals surface area (Å²) in [6, 6.07) is 5.17. The number of aliphatic hydroxyl groups is 1. The number of hydrogen-bond acceptors (Lipinski definition) is 6. The molecule has 1 unspecified atom stereocenters. The minimum absolute atomic E-state index is 0.107. The summed E-state index contributed by atoms with van der Waals surface area (Å²) in [5.41, 5.74) is 0.154. The molecular weight excluding hydrogens is 297 g/mol. The molecular formula is C13H20NO6P. The van der Waals surface area contributed by atoms with E-state index in [1.54, 1.807) is 0 Å². The number of hydrogen-bond donors (Lipinski definition) is 1. The van der Waals surface area contributed by atoms with Crippen LogP contribution in [0.3, 0.4) is 0 Å². The van der Waals surface area contributed by atoms with Gasteiger partial charge < -0.3 is 14.2 Å². The third-order valence-electron chi connectivity index (χ3n) is 2.65. The van der Waals surface area contributed by atoms with Crippen molar-refractivity contribution < 1.29 is 23.6 Å². The molecule has 1 aromatic rings. The fourth-order valence-electron chi connectivity index (χ4n) is 1.57. The smallest absolute Gasteiger partial charge is 0.363 e. The Morgan fingerprint density at radius 1 is 1.19 bits per heavy atom. The van der Waals surface area contributed by atoms with Gasteiger partial charge in [0.05, 0.1) is 18.1 Å². The second kappa shape index (κ2) is 8.24. The Bertz CT molecular complexity index is 492. The van der Waals surface area contributed by atoms with Crippen molar-refractivity contribution in [2.45, 2.75) is 32.5 Å². The first-order chi connectivity index (χ1) is 9.94. The fraction of sp³-hybridized carbons (Fsp3) is 0.538. The van der Waals surface area contributed by atoms with E-state index in [2.05, 4.69) is 0 Å². The first kappa shape index (κ1) is 17.8. The van der Waals surface area contributed by atoms with Crippen LogP contribution in [0.25, 0.3) is 0 Å². The van der Waals surface area contributed by atoms with E-state index in [1.807, 2.05) is 13.8 Å². The van der Waals surface area contributed by atoms with Gasteiger partial charge in [-0.15, -0.1) is 0 Å². The number of rotatable bonds is 9. The Morgan fingerprint density at radius 2 is 1.67 bits per heavy atom. The maximum atomic E-state index is 12.6. The molecule has 8 heteroatoms. The van der Waals surface area contributed by atoms with Gasteiger partial charge in [-0.3, -0.25) is 14.7 Å². The first-order valence-corrected chi connectivity index (χ1v) is 8.37. The largest absolute Gasteiger partial charge is 0.376 e. The van der Waals surface area contributed by atoms with Gasteiger partial charge in [-0.05, 0) is 30.5 Å². The fourth-order valence-corrected chi connectivity index (χ4v) is 3.33. The SMILES string of the molecule is CCCOP(=O)(OCCC)C(O)c1ccc([N+](=O)[O-])cc1. The lowest BCUT2D eigenvalue weighted by Crippen LogP contribution is -2.07. The average molecular weight is 317 g/mol. The van der Waals surface area contributed by atoms with Crippen molar-refractivity contribution in [1.82, 2.24) is 0 Å². The van der Waals surface area contributed by atoms with Gasteiger partial charge in [0.25, 0.3) is 5.69 Å². The van der Waals surface area contributed by atoms with E-state index < -0.39 is 18.4 Å². The molecule has 0 saturated heterocycles. The topological polar surface area (TPSA) is 98.9 Å². The summed E-state index contributed by atoms with van der Waals surface area (Å²) in [6.07, 6.45) is 1.26. The van der Waals surface area contributed by atoms with Gasteiger partial charge in [0, 0.05) is 12.1 Å². The van der Waals surface area contributed by atoms with Crippen LogP contribution in [-0.4, -0.2) is 23.2 Å². The van der Waals surface area contributed by atoms with Crippen LogP contribution in [0.5, 0.6) is 0 Å². The zero-order valence-electron chi connectivity index (χ0n) is 12.1. The lowest BCUT2D eigenvalue weighted by atomic mass is 10.2. The molecule has 0 radical (unpaired) electrons. The second-order valence-corrected chi connectivity index (χ2v) is 6.51. The molecule has 0 fully saturated rings. The van der Waals surface area contributed by atoms with Gasteiger partial charge in [0.2, 0.25) is 0 Å². The van der Waals surface area contributed by atoms with Crippen LogP contribution in [0, 0.1) is 10.1 Å². The summed E-state index contributed by atoms with van der Waals surface area (Å²) in [5, 5.41) is 20.8. The third kappa shape index (κ3) is 4.89. The molecule has 0 spiro atoms. The van der Waals surface area contributed by atoms with Gasteiger partial charge in [-0.25, -0.2) is 0 Å². The Hall–Kier alpha value is -1.27. The predicted molar refractivity (Wildman–Crippen MR) is 78.1 cm³/mol. The molecule has 1 atom stereocenters. The summed E-state index contributed by atoms with van der Waals surface area (Å²) in [4.78, 5) is 10.1. The van der Waals surface area contributed by atoms with Gasteiger partial charge in [0.15, 0.2) is 5.85 Å². The number of aliphatic hydroxyl groups excluding tert-OH is 1. The standard InChI is InChI=1S/C13H20NO6P/c1-3-9-19-21(18,20-10-4-2)13(15)11-5-7-12(8-6-11)14(16)17/h5-8,13,15H,3-4,9-10H2,1-2H3. The Balaban J connectivity index is 2.95. The van der Waals surface area contributed by atoms with Crippen molar-refractivity contribution in [2.75, 3.05) is 13.2 Å². The summed E-state index contributed by atoms with van der Waals surface area (Å²) in [7, 11) is -3.72. The zero-order valence-corrected chi connectivity index (χ0v) is 13.0. The van der Waals surface area contributed by atoms with Crippen molar-refractivity contribution in [1.29, 1.82) is 0 Å². The van der Waals surface area contributed by atoms with E-state index in [9.17, 15) is 19.8 Å². The van der Waals surface area contributed by atoms with Crippen molar-refractivity contribution in [2.24, 2.45) is 0 Å². The van der Waals surface area contributed by atoms with Crippen molar-refractivity contribution in [3.05, 3.63) is 39.9 Å². The lowest BCUT2D eigenvalue weighted by molar-refractivity contribution is -0.384. The van der Waals surface area contributed by atoms with Crippen LogP contribution in [0.15, 0.2) is 24.3 Å². The summed E-state index contributed by atoms with van der Waals surface area (Å²) in [5.74, 6) is -1.46. The molecule has 21 heavy (non-hydrogen) atoms. The number of nitrogens with zero attached hydrogens (tertiary/aromatic N) is 1. The molecule has 1 aromatic carbocycles. The molecule has 0 aromatic heterocycles. The number of non-ortho nitro benzene ring substituents is 1. The van der Waals surface area contributed by atoms with E-state index >= 15 is 0 Å². The van der Waals surface area contributed by atoms with Crippen LogP contribution >= 0.6 is 7.60 Å². The molecule has 0 bridgehead atoms. The van der Waals surface area contributed by atoms with E-state index in [-0.39, 0.29) is 24.5 Å². The zero-order chi connectivity index (χ0) is 15.9. The maximum Gasteiger partial charge on any atom is 0.363 e. The molecule has 7 nitrogen and oxygen atoms in total. The highest BCUT2D eigenvalue weighted by atomic mass is 31.2. The Morgan fingerprint density at radius 3 is 2.05 bits per heavy atom. The summed E-state index contributed by atoms with van der Waals surface area (Å²) in [6.45, 7) is 4.10. The van der Waals surface area contributed by atoms with Gasteiger partial charge in [-0.2, -0.15) is 0 Å². The normalized spacial score (nSPS) is 13.1. The van der Waals surface area contributed by atoms with E-state index in [0.29, 0.717) is 12.8 Å². The van der Waals surface area contributed by atoms with E-state index in [4.69, 9.17) is 9.05 Å². The third-order valence-corrected chi connectivity index (χ3v) is 4.63. The number of nitro benzene ring substituents is 1. The van der Waals surface area contributed by atoms with Crippen LogP contribution in [-0.2, 0) is 13.6 Å². The van der Waals surface area contributed by atoms with E-state index in [0.717, 1.165) is 0 Å². The number of nitro groups is 1. The van der Waals surface area contributed by atoms with Crippen LogP contribution in [0.1, 0.15) is 38.1 Å². The van der Waals surface area contributed by atoms with Gasteiger partial charge in [-0.1, -0.05) is 13.8 Å². The van der Waals surface area contributed by atoms with Crippen LogP contribution in [0.2, 0.25) is 0 Å². The molecule has 118 valence electrons. The summed E-state index contributed by atoms with van der Waals surface area (Å²) >= 11 is 0. The van der Waals surface area contributed by atoms with Crippen molar-refractivity contribution in [3.63, 3.8) is 0 Å². The molecule has 0 aliphatic rings. The molecule has 1 N–H and O–H groups in total.